The molecule has 5 heteroatoms. The SMILES string of the molecule is CCNS(=O)(=O)[C@@H]1CCN(C[C@@H](C)Cc2ccccc2)C1. The Labute approximate surface area is 128 Å². The van der Waals surface area contributed by atoms with Crippen LogP contribution < -0.4 is 4.72 Å². The second-order valence-corrected chi connectivity index (χ2v) is 8.05. The predicted molar refractivity (Wildman–Crippen MR) is 86.8 cm³/mol. The molecule has 1 aromatic carbocycles. The molecule has 21 heavy (non-hydrogen) atoms. The number of sulfonamides is 1. The van der Waals surface area contributed by atoms with Crippen molar-refractivity contribution in [3.8, 4) is 0 Å². The molecule has 0 aromatic heterocycles. The van der Waals surface area contributed by atoms with Crippen molar-refractivity contribution in [1.29, 1.82) is 0 Å². The molecular formula is C16H26N2O2S. The fourth-order valence-electron chi connectivity index (χ4n) is 3.06. The Morgan fingerprint density at radius 3 is 2.71 bits per heavy atom. The van der Waals surface area contributed by atoms with Crippen LogP contribution in [-0.4, -0.2) is 44.7 Å². The summed E-state index contributed by atoms with van der Waals surface area (Å²) in [7, 11) is -3.13. The van der Waals surface area contributed by atoms with Gasteiger partial charge in [0.1, 0.15) is 0 Å². The van der Waals surface area contributed by atoms with Gasteiger partial charge in [-0.1, -0.05) is 44.2 Å². The lowest BCUT2D eigenvalue weighted by atomic mass is 10.0. The van der Waals surface area contributed by atoms with Gasteiger partial charge >= 0.3 is 0 Å². The lowest BCUT2D eigenvalue weighted by molar-refractivity contribution is 0.287. The van der Waals surface area contributed by atoms with E-state index in [0.29, 0.717) is 19.0 Å². The molecule has 0 saturated carbocycles. The van der Waals surface area contributed by atoms with Gasteiger partial charge in [-0.2, -0.15) is 0 Å². The Kier molecular flexibility index (Phi) is 5.79. The monoisotopic (exact) mass is 310 g/mol. The minimum absolute atomic E-state index is 0.249. The van der Waals surface area contributed by atoms with Gasteiger partial charge in [0.2, 0.25) is 10.0 Å². The van der Waals surface area contributed by atoms with E-state index >= 15 is 0 Å². The number of hydrogen-bond donors (Lipinski definition) is 1. The summed E-state index contributed by atoms with van der Waals surface area (Å²) in [4.78, 5) is 2.28. The van der Waals surface area contributed by atoms with Gasteiger partial charge in [-0.05, 0) is 30.9 Å². The number of likely N-dealkylation sites (tertiary alicyclic amines) is 1. The first-order valence-electron chi connectivity index (χ1n) is 7.76. The van der Waals surface area contributed by atoms with Crippen molar-refractivity contribution >= 4 is 10.0 Å². The molecule has 4 nitrogen and oxygen atoms in total. The summed E-state index contributed by atoms with van der Waals surface area (Å²) in [6.45, 7) is 7.05. The van der Waals surface area contributed by atoms with E-state index in [1.807, 2.05) is 13.0 Å². The van der Waals surface area contributed by atoms with Crippen LogP contribution in [-0.2, 0) is 16.4 Å². The average Bonchev–Trinajstić information content (AvgIpc) is 2.89. The highest BCUT2D eigenvalue weighted by molar-refractivity contribution is 7.90. The minimum atomic E-state index is -3.13. The first-order chi connectivity index (χ1) is 10.0. The van der Waals surface area contributed by atoms with Gasteiger partial charge < -0.3 is 4.90 Å². The zero-order valence-electron chi connectivity index (χ0n) is 13.0. The first-order valence-corrected chi connectivity index (χ1v) is 9.30. The number of benzene rings is 1. The van der Waals surface area contributed by atoms with E-state index < -0.39 is 10.0 Å². The van der Waals surface area contributed by atoms with Gasteiger partial charge in [0.15, 0.2) is 0 Å². The molecule has 0 amide bonds. The minimum Gasteiger partial charge on any atom is -0.302 e. The summed E-state index contributed by atoms with van der Waals surface area (Å²) < 4.78 is 26.7. The fourth-order valence-corrected chi connectivity index (χ4v) is 4.52. The van der Waals surface area contributed by atoms with E-state index in [-0.39, 0.29) is 5.25 Å². The number of nitrogens with one attached hydrogen (secondary N) is 1. The Morgan fingerprint density at radius 2 is 2.05 bits per heavy atom. The van der Waals surface area contributed by atoms with Crippen LogP contribution in [0.25, 0.3) is 0 Å². The van der Waals surface area contributed by atoms with Crippen molar-refractivity contribution in [2.45, 2.75) is 31.9 Å². The van der Waals surface area contributed by atoms with Crippen LogP contribution in [0.1, 0.15) is 25.8 Å². The average molecular weight is 310 g/mol. The summed E-state index contributed by atoms with van der Waals surface area (Å²) in [5.74, 6) is 0.535. The zero-order valence-corrected chi connectivity index (χ0v) is 13.8. The smallest absolute Gasteiger partial charge is 0.215 e. The largest absolute Gasteiger partial charge is 0.302 e. The highest BCUT2D eigenvalue weighted by Crippen LogP contribution is 2.18. The van der Waals surface area contributed by atoms with Gasteiger partial charge in [0.25, 0.3) is 0 Å². The number of rotatable bonds is 7. The van der Waals surface area contributed by atoms with Crippen molar-refractivity contribution in [2.24, 2.45) is 5.92 Å². The molecule has 0 unspecified atom stereocenters. The molecule has 1 aliphatic heterocycles. The molecule has 0 radical (unpaired) electrons. The molecule has 1 saturated heterocycles. The third kappa shape index (κ3) is 4.80. The van der Waals surface area contributed by atoms with Crippen molar-refractivity contribution in [2.75, 3.05) is 26.2 Å². The molecule has 1 fully saturated rings. The predicted octanol–water partition coefficient (Wildman–Crippen LogP) is 1.88. The fraction of sp³-hybridized carbons (Fsp3) is 0.625. The van der Waals surface area contributed by atoms with E-state index in [2.05, 4.69) is 40.8 Å². The number of nitrogens with zero attached hydrogens (tertiary/aromatic N) is 1. The second-order valence-electron chi connectivity index (χ2n) is 6.01. The van der Waals surface area contributed by atoms with Crippen molar-refractivity contribution in [1.82, 2.24) is 9.62 Å². The molecule has 0 spiro atoms. The van der Waals surface area contributed by atoms with Crippen LogP contribution >= 0.6 is 0 Å². The Morgan fingerprint density at radius 1 is 1.33 bits per heavy atom. The third-order valence-corrected chi connectivity index (χ3v) is 5.96. The van der Waals surface area contributed by atoms with E-state index in [4.69, 9.17) is 0 Å². The quantitative estimate of drug-likeness (QED) is 0.836. The molecule has 118 valence electrons. The highest BCUT2D eigenvalue weighted by Gasteiger charge is 2.32. The Balaban J connectivity index is 1.82. The molecule has 1 aliphatic rings. The van der Waals surface area contributed by atoms with E-state index in [9.17, 15) is 8.42 Å². The summed E-state index contributed by atoms with van der Waals surface area (Å²) in [5.41, 5.74) is 1.35. The summed E-state index contributed by atoms with van der Waals surface area (Å²) in [6, 6.07) is 10.5. The van der Waals surface area contributed by atoms with Gasteiger partial charge in [-0.3, -0.25) is 0 Å². The summed E-state index contributed by atoms with van der Waals surface area (Å²) in [5, 5.41) is -0.249. The van der Waals surface area contributed by atoms with Crippen LogP contribution in [0.15, 0.2) is 30.3 Å². The molecule has 2 atom stereocenters. The number of hydrogen-bond acceptors (Lipinski definition) is 3. The molecule has 1 aromatic rings. The molecule has 1 N–H and O–H groups in total. The van der Waals surface area contributed by atoms with Crippen LogP contribution in [0.5, 0.6) is 0 Å². The van der Waals surface area contributed by atoms with E-state index in [1.54, 1.807) is 0 Å². The van der Waals surface area contributed by atoms with Crippen molar-refractivity contribution in [3.63, 3.8) is 0 Å². The Hall–Kier alpha value is -0.910. The lowest BCUT2D eigenvalue weighted by Gasteiger charge is -2.21. The van der Waals surface area contributed by atoms with Crippen LogP contribution in [0.2, 0.25) is 0 Å². The molecule has 0 bridgehead atoms. The van der Waals surface area contributed by atoms with Gasteiger partial charge in [-0.25, -0.2) is 13.1 Å². The standard InChI is InChI=1S/C16H26N2O2S/c1-3-17-21(19,20)16-9-10-18(13-16)12-14(2)11-15-7-5-4-6-8-15/h4-8,14,16-17H,3,9-13H2,1-2H3/t14-,16+/m0/s1. The zero-order chi connectivity index (χ0) is 15.3. The van der Waals surface area contributed by atoms with E-state index in [1.165, 1.54) is 5.56 Å². The maximum Gasteiger partial charge on any atom is 0.215 e. The van der Waals surface area contributed by atoms with E-state index in [0.717, 1.165) is 25.9 Å². The van der Waals surface area contributed by atoms with Gasteiger partial charge in [-0.15, -0.1) is 0 Å². The summed E-state index contributed by atoms with van der Waals surface area (Å²) in [6.07, 6.45) is 1.79. The third-order valence-electron chi connectivity index (χ3n) is 4.01. The maximum atomic E-state index is 12.0. The molecule has 2 rings (SSSR count). The molecular weight excluding hydrogens is 284 g/mol. The second kappa shape index (κ2) is 7.38. The van der Waals surface area contributed by atoms with Crippen molar-refractivity contribution in [3.05, 3.63) is 35.9 Å². The van der Waals surface area contributed by atoms with Gasteiger partial charge in [0, 0.05) is 19.6 Å². The lowest BCUT2D eigenvalue weighted by Crippen LogP contribution is -2.37. The molecule has 1 heterocycles. The van der Waals surface area contributed by atoms with Crippen molar-refractivity contribution < 1.29 is 8.42 Å². The Bertz CT molecular complexity index is 530. The summed E-state index contributed by atoms with van der Waals surface area (Å²) >= 11 is 0. The van der Waals surface area contributed by atoms with Crippen LogP contribution in [0.4, 0.5) is 0 Å². The molecule has 0 aliphatic carbocycles. The maximum absolute atomic E-state index is 12.0. The topological polar surface area (TPSA) is 49.4 Å². The van der Waals surface area contributed by atoms with Gasteiger partial charge in [0.05, 0.1) is 5.25 Å². The van der Waals surface area contributed by atoms with Crippen LogP contribution in [0.3, 0.4) is 0 Å². The normalized spacial score (nSPS) is 21.5. The highest BCUT2D eigenvalue weighted by atomic mass is 32.2. The van der Waals surface area contributed by atoms with Crippen LogP contribution in [0, 0.1) is 5.92 Å². The first kappa shape index (κ1) is 16.5.